The molecule has 1 saturated carbocycles. The molecule has 2 N–H and O–H groups in total. The number of rotatable bonds is 4. The number of fused-ring (bicyclic) bond motifs is 1. The number of hydrogen-bond donors (Lipinski definition) is 1. The number of piperazine rings is 1. The van der Waals surface area contributed by atoms with Crippen molar-refractivity contribution >= 4 is 34.3 Å². The molecule has 1 aromatic heterocycles. The van der Waals surface area contributed by atoms with Crippen molar-refractivity contribution in [1.82, 2.24) is 9.47 Å². The molecule has 1 saturated heterocycles. The molecule has 1 unspecified atom stereocenters. The monoisotopic (exact) mass is 502 g/mol. The highest BCUT2D eigenvalue weighted by Crippen LogP contribution is 2.42. The molecule has 36 heavy (non-hydrogen) atoms. The van der Waals surface area contributed by atoms with E-state index in [-0.39, 0.29) is 40.8 Å². The Hall–Kier alpha value is -3.30. The number of nitrogens with two attached hydrogens (primary N) is 1. The van der Waals surface area contributed by atoms with Crippen LogP contribution in [0.2, 0.25) is 0 Å². The molecule has 2 heterocycles. The summed E-state index contributed by atoms with van der Waals surface area (Å²) in [6, 6.07) is -0.255. The number of benzene rings is 1. The standard InChI is InChI=1S/C26H35FN4O5/c1-7-35-24(33)17-13-31(16-8-9-16)22-18(23(17)32)20(28)15(3)21(19(22)27)29-10-11-30(14(2)12-29)25(34)36-26(4,5)6/h13-14,16H,7-12,28H2,1-6H3. The number of pyridine rings is 1. The molecule has 2 aliphatic rings. The molecule has 1 aliphatic carbocycles. The maximum atomic E-state index is 16.3. The van der Waals surface area contributed by atoms with Gasteiger partial charge in [-0.15, -0.1) is 0 Å². The summed E-state index contributed by atoms with van der Waals surface area (Å²) in [6.07, 6.45) is 2.63. The first-order valence-corrected chi connectivity index (χ1v) is 12.4. The van der Waals surface area contributed by atoms with Gasteiger partial charge in [0.15, 0.2) is 5.82 Å². The fraction of sp³-hybridized carbons (Fsp3) is 0.577. The van der Waals surface area contributed by atoms with Crippen LogP contribution in [0.5, 0.6) is 0 Å². The van der Waals surface area contributed by atoms with E-state index in [0.717, 1.165) is 12.8 Å². The molecule has 1 atom stereocenters. The first-order chi connectivity index (χ1) is 16.9. The highest BCUT2D eigenvalue weighted by Gasteiger charge is 2.35. The van der Waals surface area contributed by atoms with Crippen molar-refractivity contribution in [3.63, 3.8) is 0 Å². The Kier molecular flexibility index (Phi) is 6.66. The summed E-state index contributed by atoms with van der Waals surface area (Å²) < 4.78 is 28.6. The van der Waals surface area contributed by atoms with Crippen LogP contribution in [0.25, 0.3) is 10.9 Å². The number of halogens is 1. The van der Waals surface area contributed by atoms with E-state index < -0.39 is 28.9 Å². The smallest absolute Gasteiger partial charge is 0.410 e. The number of anilines is 2. The van der Waals surface area contributed by atoms with Crippen LogP contribution in [0.15, 0.2) is 11.0 Å². The molecule has 0 bridgehead atoms. The largest absolute Gasteiger partial charge is 0.462 e. The molecule has 10 heteroatoms. The van der Waals surface area contributed by atoms with Gasteiger partial charge in [-0.05, 0) is 59.9 Å². The normalized spacial score (nSPS) is 18.5. The van der Waals surface area contributed by atoms with Crippen LogP contribution in [-0.4, -0.2) is 59.4 Å². The number of amides is 1. The number of nitrogen functional groups attached to an aromatic ring is 1. The molecular formula is C26H35FN4O5. The second kappa shape index (κ2) is 9.29. The van der Waals surface area contributed by atoms with Crippen molar-refractivity contribution in [3.05, 3.63) is 33.4 Å². The lowest BCUT2D eigenvalue weighted by atomic mass is 10.0. The van der Waals surface area contributed by atoms with Crippen molar-refractivity contribution in [2.45, 2.75) is 72.1 Å². The predicted octanol–water partition coefficient (Wildman–Crippen LogP) is 3.99. The van der Waals surface area contributed by atoms with Gasteiger partial charge in [-0.2, -0.15) is 0 Å². The van der Waals surface area contributed by atoms with Crippen LogP contribution >= 0.6 is 0 Å². The molecule has 1 amide bonds. The first-order valence-electron chi connectivity index (χ1n) is 12.4. The van der Waals surface area contributed by atoms with Crippen molar-refractivity contribution in [3.8, 4) is 0 Å². The average Bonchev–Trinajstić information content (AvgIpc) is 3.61. The van der Waals surface area contributed by atoms with E-state index in [1.54, 1.807) is 23.3 Å². The lowest BCUT2D eigenvalue weighted by Crippen LogP contribution is -2.55. The van der Waals surface area contributed by atoms with Crippen LogP contribution in [-0.2, 0) is 9.47 Å². The van der Waals surface area contributed by atoms with E-state index in [1.807, 2.05) is 32.6 Å². The minimum Gasteiger partial charge on any atom is -0.462 e. The van der Waals surface area contributed by atoms with E-state index in [0.29, 0.717) is 30.9 Å². The maximum absolute atomic E-state index is 16.3. The van der Waals surface area contributed by atoms with Crippen LogP contribution in [0.4, 0.5) is 20.6 Å². The van der Waals surface area contributed by atoms with Gasteiger partial charge in [0.25, 0.3) is 0 Å². The van der Waals surface area contributed by atoms with Crippen molar-refractivity contribution in [2.75, 3.05) is 36.9 Å². The van der Waals surface area contributed by atoms with Crippen molar-refractivity contribution in [2.24, 2.45) is 0 Å². The van der Waals surface area contributed by atoms with E-state index in [9.17, 15) is 14.4 Å². The van der Waals surface area contributed by atoms with E-state index in [2.05, 4.69) is 0 Å². The fourth-order valence-electron chi connectivity index (χ4n) is 4.82. The van der Waals surface area contributed by atoms with Crippen molar-refractivity contribution < 1.29 is 23.5 Å². The third kappa shape index (κ3) is 4.60. The number of carbonyl (C=O) groups is 2. The molecule has 2 fully saturated rings. The zero-order valence-corrected chi connectivity index (χ0v) is 21.8. The SMILES string of the molecule is CCOC(=O)c1cn(C2CC2)c2c(F)c(N3CCN(C(=O)OC(C)(C)C)C(C)C3)c(C)c(N)c2c1=O. The van der Waals surface area contributed by atoms with E-state index in [1.165, 1.54) is 6.20 Å². The van der Waals surface area contributed by atoms with Crippen LogP contribution in [0.1, 0.15) is 69.4 Å². The van der Waals surface area contributed by atoms with Gasteiger partial charge < -0.3 is 29.6 Å². The summed E-state index contributed by atoms with van der Waals surface area (Å²) >= 11 is 0. The molecule has 1 aromatic carbocycles. The molecule has 9 nitrogen and oxygen atoms in total. The van der Waals surface area contributed by atoms with Gasteiger partial charge in [-0.1, -0.05) is 0 Å². The summed E-state index contributed by atoms with van der Waals surface area (Å²) in [4.78, 5) is 41.9. The summed E-state index contributed by atoms with van der Waals surface area (Å²) in [6.45, 7) is 11.9. The lowest BCUT2D eigenvalue weighted by molar-refractivity contribution is 0.0158. The molecule has 1 aliphatic heterocycles. The molecule has 2 aromatic rings. The first kappa shape index (κ1) is 25.8. The van der Waals surface area contributed by atoms with Gasteiger partial charge >= 0.3 is 12.1 Å². The van der Waals surface area contributed by atoms with Gasteiger partial charge in [0.1, 0.15) is 11.2 Å². The Bertz CT molecular complexity index is 1280. The molecule has 0 spiro atoms. The predicted molar refractivity (Wildman–Crippen MR) is 136 cm³/mol. The fourth-order valence-corrected chi connectivity index (χ4v) is 4.82. The number of esters is 1. The van der Waals surface area contributed by atoms with E-state index >= 15 is 4.39 Å². The second-order valence-electron chi connectivity index (χ2n) is 10.6. The number of hydrogen-bond acceptors (Lipinski definition) is 7. The summed E-state index contributed by atoms with van der Waals surface area (Å²) in [5.74, 6) is -1.29. The number of nitrogens with zero attached hydrogens (tertiary/aromatic N) is 3. The quantitative estimate of drug-likeness (QED) is 0.498. The average molecular weight is 503 g/mol. The van der Waals surface area contributed by atoms with Gasteiger partial charge in [-0.25, -0.2) is 14.0 Å². The lowest BCUT2D eigenvalue weighted by Gasteiger charge is -2.42. The summed E-state index contributed by atoms with van der Waals surface area (Å²) in [7, 11) is 0. The van der Waals surface area contributed by atoms with Gasteiger partial charge in [0, 0.05) is 37.9 Å². The maximum Gasteiger partial charge on any atom is 0.410 e. The number of aromatic nitrogens is 1. The molecular weight excluding hydrogens is 467 g/mol. The van der Waals surface area contributed by atoms with Gasteiger partial charge in [0.05, 0.1) is 28.9 Å². The molecule has 196 valence electrons. The minimum atomic E-state index is -0.743. The topological polar surface area (TPSA) is 107 Å². The van der Waals surface area contributed by atoms with Crippen LogP contribution in [0.3, 0.4) is 0 Å². The van der Waals surface area contributed by atoms with Crippen LogP contribution < -0.4 is 16.1 Å². The Morgan fingerprint density at radius 1 is 1.22 bits per heavy atom. The minimum absolute atomic E-state index is 0.00615. The zero-order chi connectivity index (χ0) is 26.5. The highest BCUT2D eigenvalue weighted by atomic mass is 19.1. The third-order valence-electron chi connectivity index (χ3n) is 6.69. The Labute approximate surface area is 209 Å². The van der Waals surface area contributed by atoms with Crippen molar-refractivity contribution in [1.29, 1.82) is 0 Å². The van der Waals surface area contributed by atoms with Crippen LogP contribution in [0, 0.1) is 12.7 Å². The molecule has 4 rings (SSSR count). The second-order valence-corrected chi connectivity index (χ2v) is 10.6. The summed E-state index contributed by atoms with van der Waals surface area (Å²) in [5.41, 5.74) is 6.07. The Morgan fingerprint density at radius 2 is 1.89 bits per heavy atom. The third-order valence-corrected chi connectivity index (χ3v) is 6.69. The number of carbonyl (C=O) groups excluding carboxylic acids is 2. The zero-order valence-electron chi connectivity index (χ0n) is 21.8. The molecule has 0 radical (unpaired) electrons. The Morgan fingerprint density at radius 3 is 2.44 bits per heavy atom. The summed E-state index contributed by atoms with van der Waals surface area (Å²) in [5, 5.41) is 0.00615. The van der Waals surface area contributed by atoms with E-state index in [4.69, 9.17) is 15.2 Å². The van der Waals surface area contributed by atoms with Gasteiger partial charge in [0.2, 0.25) is 5.43 Å². The number of ether oxygens (including phenoxy) is 2. The highest BCUT2D eigenvalue weighted by molar-refractivity contribution is 6.01. The Balaban J connectivity index is 1.79. The van der Waals surface area contributed by atoms with Gasteiger partial charge in [-0.3, -0.25) is 4.79 Å².